The molecule has 3 rings (SSSR count). The molecular formula is C19H14F3N3O3S. The molecule has 3 N–H and O–H groups in total. The lowest BCUT2D eigenvalue weighted by atomic mass is 10.1. The van der Waals surface area contributed by atoms with Crippen molar-refractivity contribution in [3.05, 3.63) is 64.6 Å². The van der Waals surface area contributed by atoms with Crippen molar-refractivity contribution in [1.82, 2.24) is 5.32 Å². The number of para-hydroxylation sites is 1. The van der Waals surface area contributed by atoms with E-state index in [1.54, 1.807) is 30.3 Å². The molecule has 1 aliphatic rings. The zero-order valence-electron chi connectivity index (χ0n) is 14.7. The summed E-state index contributed by atoms with van der Waals surface area (Å²) in [7, 11) is 0. The van der Waals surface area contributed by atoms with Crippen molar-refractivity contribution in [3.63, 3.8) is 0 Å². The molecule has 6 nitrogen and oxygen atoms in total. The zero-order chi connectivity index (χ0) is 21.0. The first-order valence-electron chi connectivity index (χ1n) is 8.21. The van der Waals surface area contributed by atoms with E-state index in [4.69, 9.17) is 10.1 Å². The molecule has 0 radical (unpaired) electrons. The predicted octanol–water partition coefficient (Wildman–Crippen LogP) is 3.86. The van der Waals surface area contributed by atoms with Crippen LogP contribution in [0, 0.1) is 5.41 Å². The maximum atomic E-state index is 13.0. The first-order valence-corrected chi connectivity index (χ1v) is 9.02. The Hall–Kier alpha value is -3.27. The molecule has 29 heavy (non-hydrogen) atoms. The molecule has 0 aliphatic carbocycles. The highest BCUT2D eigenvalue weighted by Crippen LogP contribution is 2.34. The molecule has 150 valence electrons. The summed E-state index contributed by atoms with van der Waals surface area (Å²) >= 11 is 1.01. The van der Waals surface area contributed by atoms with Crippen LogP contribution in [-0.4, -0.2) is 23.6 Å². The number of hydrogen-bond donors (Lipinski definition) is 3. The Kier molecular flexibility index (Phi) is 5.92. The van der Waals surface area contributed by atoms with Gasteiger partial charge in [-0.25, -0.2) is 0 Å². The van der Waals surface area contributed by atoms with Gasteiger partial charge in [-0.3, -0.25) is 15.0 Å². The average Bonchev–Trinajstić information content (AvgIpc) is 2.97. The SMILES string of the molecule is N=C1NC(=O)/C(=C/c2ccc(OCC(=O)Nc3ccccc3C(F)(F)F)cc2)S1. The highest BCUT2D eigenvalue weighted by molar-refractivity contribution is 8.18. The molecule has 1 fully saturated rings. The van der Waals surface area contributed by atoms with Crippen LogP contribution in [0.1, 0.15) is 11.1 Å². The van der Waals surface area contributed by atoms with E-state index in [0.717, 1.165) is 17.8 Å². The molecular weight excluding hydrogens is 407 g/mol. The van der Waals surface area contributed by atoms with Crippen LogP contribution >= 0.6 is 11.8 Å². The van der Waals surface area contributed by atoms with Crippen LogP contribution in [-0.2, 0) is 15.8 Å². The molecule has 1 saturated heterocycles. The summed E-state index contributed by atoms with van der Waals surface area (Å²) in [4.78, 5) is 23.9. The zero-order valence-corrected chi connectivity index (χ0v) is 15.5. The predicted molar refractivity (Wildman–Crippen MR) is 103 cm³/mol. The van der Waals surface area contributed by atoms with Crippen LogP contribution < -0.4 is 15.4 Å². The molecule has 1 heterocycles. The standard InChI is InChI=1S/C19H14F3N3O3S/c20-19(21,22)13-3-1-2-4-14(13)24-16(26)10-28-12-7-5-11(6-8-12)9-15-17(27)25-18(23)29-15/h1-9H,10H2,(H,24,26)(H2,23,25,27)/b15-9-. The average molecular weight is 421 g/mol. The summed E-state index contributed by atoms with van der Waals surface area (Å²) in [6.07, 6.45) is -2.98. The van der Waals surface area contributed by atoms with Gasteiger partial charge in [0.1, 0.15) is 5.75 Å². The lowest BCUT2D eigenvalue weighted by Gasteiger charge is -2.13. The fourth-order valence-corrected chi connectivity index (χ4v) is 3.13. The third-order valence-corrected chi connectivity index (χ3v) is 4.55. The summed E-state index contributed by atoms with van der Waals surface area (Å²) < 4.78 is 44.2. The number of alkyl halides is 3. The number of amidine groups is 1. The molecule has 2 amide bonds. The molecule has 1 aliphatic heterocycles. The first-order chi connectivity index (χ1) is 13.7. The van der Waals surface area contributed by atoms with Crippen LogP contribution in [0.25, 0.3) is 6.08 Å². The van der Waals surface area contributed by atoms with Crippen molar-refractivity contribution in [2.24, 2.45) is 0 Å². The topological polar surface area (TPSA) is 91.3 Å². The molecule has 0 unspecified atom stereocenters. The van der Waals surface area contributed by atoms with Gasteiger partial charge >= 0.3 is 6.18 Å². The smallest absolute Gasteiger partial charge is 0.418 e. The van der Waals surface area contributed by atoms with Crippen molar-refractivity contribution >= 4 is 40.5 Å². The Balaban J connectivity index is 1.58. The number of nitrogens with one attached hydrogen (secondary N) is 3. The van der Waals surface area contributed by atoms with Gasteiger partial charge in [-0.15, -0.1) is 0 Å². The minimum Gasteiger partial charge on any atom is -0.484 e. The van der Waals surface area contributed by atoms with Gasteiger partial charge in [0.05, 0.1) is 16.2 Å². The van der Waals surface area contributed by atoms with Crippen molar-refractivity contribution in [3.8, 4) is 5.75 Å². The van der Waals surface area contributed by atoms with Gasteiger partial charge < -0.3 is 15.4 Å². The number of rotatable bonds is 5. The third kappa shape index (κ3) is 5.38. The largest absolute Gasteiger partial charge is 0.484 e. The molecule has 10 heteroatoms. The fraction of sp³-hybridized carbons (Fsp3) is 0.105. The number of amides is 2. The monoisotopic (exact) mass is 421 g/mol. The molecule has 0 bridgehead atoms. The number of hydrogen-bond acceptors (Lipinski definition) is 5. The van der Waals surface area contributed by atoms with Crippen LogP contribution in [0.3, 0.4) is 0 Å². The number of carbonyl (C=O) groups excluding carboxylic acids is 2. The number of halogens is 3. The Morgan fingerprint density at radius 1 is 1.17 bits per heavy atom. The Labute approximate surface area is 167 Å². The van der Waals surface area contributed by atoms with E-state index in [9.17, 15) is 22.8 Å². The van der Waals surface area contributed by atoms with Gasteiger partial charge in [0.25, 0.3) is 11.8 Å². The number of thioether (sulfide) groups is 1. The molecule has 0 aromatic heterocycles. The summed E-state index contributed by atoms with van der Waals surface area (Å²) in [6, 6.07) is 11.1. The van der Waals surface area contributed by atoms with Gasteiger partial charge in [-0.05, 0) is 47.7 Å². The molecule has 2 aromatic carbocycles. The lowest BCUT2D eigenvalue weighted by Crippen LogP contribution is -2.22. The Bertz CT molecular complexity index is 988. The lowest BCUT2D eigenvalue weighted by molar-refractivity contribution is -0.137. The molecule has 0 atom stereocenters. The fourth-order valence-electron chi connectivity index (χ4n) is 2.43. The van der Waals surface area contributed by atoms with Crippen molar-refractivity contribution in [2.75, 3.05) is 11.9 Å². The van der Waals surface area contributed by atoms with Crippen LogP contribution in [0.15, 0.2) is 53.4 Å². The summed E-state index contributed by atoms with van der Waals surface area (Å²) in [5.41, 5.74) is -0.589. The second-order valence-corrected chi connectivity index (χ2v) is 6.90. The minimum absolute atomic E-state index is 0.0549. The Morgan fingerprint density at radius 2 is 1.86 bits per heavy atom. The minimum atomic E-state index is -4.58. The van der Waals surface area contributed by atoms with E-state index < -0.39 is 24.3 Å². The maximum absolute atomic E-state index is 13.0. The highest BCUT2D eigenvalue weighted by Gasteiger charge is 2.33. The number of benzene rings is 2. The van der Waals surface area contributed by atoms with Crippen LogP contribution in [0.5, 0.6) is 5.75 Å². The first kappa shape index (κ1) is 20.5. The number of ether oxygens (including phenoxy) is 1. The quantitative estimate of drug-likeness (QED) is 0.640. The normalized spacial score (nSPS) is 15.3. The van der Waals surface area contributed by atoms with E-state index in [0.29, 0.717) is 16.2 Å². The van der Waals surface area contributed by atoms with E-state index in [1.165, 1.54) is 18.2 Å². The van der Waals surface area contributed by atoms with E-state index in [2.05, 4.69) is 10.6 Å². The molecule has 0 saturated carbocycles. The third-order valence-electron chi connectivity index (χ3n) is 3.72. The number of carbonyl (C=O) groups is 2. The van der Waals surface area contributed by atoms with Gasteiger partial charge in [-0.1, -0.05) is 24.3 Å². The second-order valence-electron chi connectivity index (χ2n) is 5.84. The summed E-state index contributed by atoms with van der Waals surface area (Å²) in [5.74, 6) is -0.746. The molecule has 2 aromatic rings. The van der Waals surface area contributed by atoms with E-state index in [1.807, 2.05) is 0 Å². The number of anilines is 1. The van der Waals surface area contributed by atoms with Gasteiger partial charge in [0.2, 0.25) is 0 Å². The van der Waals surface area contributed by atoms with Crippen molar-refractivity contribution in [1.29, 1.82) is 5.41 Å². The maximum Gasteiger partial charge on any atom is 0.418 e. The Morgan fingerprint density at radius 3 is 2.48 bits per heavy atom. The van der Waals surface area contributed by atoms with Crippen LogP contribution in [0.4, 0.5) is 18.9 Å². The van der Waals surface area contributed by atoms with Crippen LogP contribution in [0.2, 0.25) is 0 Å². The van der Waals surface area contributed by atoms with Gasteiger partial charge in [0.15, 0.2) is 11.8 Å². The van der Waals surface area contributed by atoms with Crippen molar-refractivity contribution in [2.45, 2.75) is 6.18 Å². The second kappa shape index (κ2) is 8.39. The van der Waals surface area contributed by atoms with E-state index in [-0.39, 0.29) is 16.8 Å². The summed E-state index contributed by atoms with van der Waals surface area (Å²) in [6.45, 7) is -0.470. The van der Waals surface area contributed by atoms with Gasteiger partial charge in [-0.2, -0.15) is 13.2 Å². The highest BCUT2D eigenvalue weighted by atomic mass is 32.2. The summed E-state index contributed by atoms with van der Waals surface area (Å²) in [5, 5.41) is 12.0. The van der Waals surface area contributed by atoms with Gasteiger partial charge in [0, 0.05) is 0 Å². The van der Waals surface area contributed by atoms with E-state index >= 15 is 0 Å². The van der Waals surface area contributed by atoms with Crippen molar-refractivity contribution < 1.29 is 27.5 Å². The molecule has 0 spiro atoms.